The van der Waals surface area contributed by atoms with Gasteiger partial charge in [-0.2, -0.15) is 5.10 Å². The van der Waals surface area contributed by atoms with E-state index in [9.17, 15) is 0 Å². The van der Waals surface area contributed by atoms with Gasteiger partial charge in [0.25, 0.3) is 0 Å². The molecule has 3 nitrogen and oxygen atoms in total. The Hall–Kier alpha value is -1.25. The van der Waals surface area contributed by atoms with Crippen molar-refractivity contribution in [2.24, 2.45) is 5.10 Å². The molecule has 2 aliphatic heterocycles. The molecule has 1 N–H and O–H groups in total. The summed E-state index contributed by atoms with van der Waals surface area (Å²) in [5.74, 6) is 0.977. The van der Waals surface area contributed by atoms with Crippen LogP contribution in [-0.4, -0.2) is 17.0 Å². The van der Waals surface area contributed by atoms with E-state index < -0.39 is 0 Å². The van der Waals surface area contributed by atoms with Crippen LogP contribution in [0.25, 0.3) is 0 Å². The van der Waals surface area contributed by atoms with E-state index in [2.05, 4.69) is 29.5 Å². The lowest BCUT2D eigenvalue weighted by atomic mass is 10.2. The number of nitrogens with zero attached hydrogens (tertiary/aromatic N) is 2. The van der Waals surface area contributed by atoms with E-state index in [1.54, 1.807) is 0 Å². The van der Waals surface area contributed by atoms with Gasteiger partial charge < -0.3 is 5.32 Å². The molecule has 0 aliphatic carbocycles. The van der Waals surface area contributed by atoms with Crippen LogP contribution >= 0.6 is 0 Å². The Bertz CT molecular complexity index is 263. The highest BCUT2D eigenvalue weighted by atomic mass is 15.6. The molecule has 3 heteroatoms. The summed E-state index contributed by atoms with van der Waals surface area (Å²) < 4.78 is 0. The highest BCUT2D eigenvalue weighted by Crippen LogP contribution is 2.15. The van der Waals surface area contributed by atoms with Gasteiger partial charge in [-0.3, -0.25) is 0 Å². The van der Waals surface area contributed by atoms with Gasteiger partial charge in [0.15, 0.2) is 0 Å². The summed E-state index contributed by atoms with van der Waals surface area (Å²) >= 11 is 0. The fourth-order valence-electron chi connectivity index (χ4n) is 1.29. The third-order valence-corrected chi connectivity index (χ3v) is 1.82. The maximum Gasteiger partial charge on any atom is 0.141 e. The number of hydrogen-bond donors (Lipinski definition) is 1. The maximum atomic E-state index is 4.25. The van der Waals surface area contributed by atoms with E-state index >= 15 is 0 Å². The summed E-state index contributed by atoms with van der Waals surface area (Å²) in [4.78, 5) is 0. The fourth-order valence-corrected chi connectivity index (χ4v) is 1.29. The first-order valence-electron chi connectivity index (χ1n) is 3.72. The molecule has 11 heavy (non-hydrogen) atoms. The van der Waals surface area contributed by atoms with Gasteiger partial charge in [0.2, 0.25) is 0 Å². The predicted molar refractivity (Wildman–Crippen MR) is 44.8 cm³/mol. The molecule has 2 rings (SSSR count). The average Bonchev–Trinajstić information content (AvgIpc) is 2.27. The first-order chi connectivity index (χ1) is 5.25. The number of rotatable bonds is 0. The van der Waals surface area contributed by atoms with Crippen molar-refractivity contribution in [3.05, 3.63) is 23.9 Å². The van der Waals surface area contributed by atoms with Gasteiger partial charge in [-0.1, -0.05) is 0 Å². The number of hydrazone groups is 1. The second kappa shape index (κ2) is 2.12. The molecule has 0 fully saturated rings. The van der Waals surface area contributed by atoms with Gasteiger partial charge in [-0.15, -0.1) is 0 Å². The molecule has 0 radical (unpaired) electrons. The molecule has 2 aliphatic rings. The third-order valence-electron chi connectivity index (χ3n) is 1.82. The van der Waals surface area contributed by atoms with Gasteiger partial charge >= 0.3 is 0 Å². The Morgan fingerprint density at radius 1 is 1.55 bits per heavy atom. The zero-order chi connectivity index (χ0) is 7.84. The van der Waals surface area contributed by atoms with Crippen LogP contribution in [-0.2, 0) is 0 Å². The van der Waals surface area contributed by atoms with Crippen molar-refractivity contribution in [1.82, 2.24) is 10.3 Å². The molecule has 0 saturated heterocycles. The van der Waals surface area contributed by atoms with E-state index in [0.717, 1.165) is 5.84 Å². The van der Waals surface area contributed by atoms with Crippen molar-refractivity contribution in [3.8, 4) is 0 Å². The number of amidine groups is 1. The van der Waals surface area contributed by atoms with Crippen molar-refractivity contribution in [3.63, 3.8) is 0 Å². The standard InChI is InChI=1S/C8H11N3/c1-6-3-4-11-8(5-6)9-7(2)10-11/h3-5,8H,1-2H3,(H,9,10). The number of fused-ring (bicyclic) bond motifs is 1. The molecule has 1 unspecified atom stereocenters. The highest BCUT2D eigenvalue weighted by molar-refractivity contribution is 5.81. The quantitative estimate of drug-likeness (QED) is 0.557. The van der Waals surface area contributed by atoms with Crippen LogP contribution in [0, 0.1) is 0 Å². The first kappa shape index (κ1) is 6.46. The summed E-state index contributed by atoms with van der Waals surface area (Å²) in [6.45, 7) is 4.05. The van der Waals surface area contributed by atoms with Crippen LogP contribution in [0.3, 0.4) is 0 Å². The Kier molecular flexibility index (Phi) is 1.24. The molecule has 58 valence electrons. The molecule has 0 aromatic rings. The molecule has 2 heterocycles. The van der Waals surface area contributed by atoms with Crippen LogP contribution in [0.5, 0.6) is 0 Å². The maximum absolute atomic E-state index is 4.25. The second-order valence-electron chi connectivity index (χ2n) is 2.88. The summed E-state index contributed by atoms with van der Waals surface area (Å²) in [7, 11) is 0. The van der Waals surface area contributed by atoms with Gasteiger partial charge in [0.1, 0.15) is 12.0 Å². The summed E-state index contributed by atoms with van der Waals surface area (Å²) in [5.41, 5.74) is 1.28. The zero-order valence-electron chi connectivity index (χ0n) is 6.70. The van der Waals surface area contributed by atoms with Crippen LogP contribution in [0.2, 0.25) is 0 Å². The second-order valence-corrected chi connectivity index (χ2v) is 2.88. The Morgan fingerprint density at radius 3 is 3.18 bits per heavy atom. The minimum atomic E-state index is 0.250. The van der Waals surface area contributed by atoms with Crippen molar-refractivity contribution in [2.75, 3.05) is 0 Å². The summed E-state index contributed by atoms with van der Waals surface area (Å²) in [6, 6.07) is 0. The average molecular weight is 149 g/mol. The number of allylic oxidation sites excluding steroid dienone is 2. The molecule has 0 aromatic heterocycles. The molecule has 1 atom stereocenters. The topological polar surface area (TPSA) is 27.6 Å². The number of nitrogens with one attached hydrogen (secondary N) is 1. The van der Waals surface area contributed by atoms with Gasteiger partial charge in [-0.05, 0) is 31.6 Å². The highest BCUT2D eigenvalue weighted by Gasteiger charge is 2.20. The summed E-state index contributed by atoms with van der Waals surface area (Å²) in [6.07, 6.45) is 6.45. The van der Waals surface area contributed by atoms with Crippen LogP contribution in [0.1, 0.15) is 13.8 Å². The van der Waals surface area contributed by atoms with Crippen molar-refractivity contribution >= 4 is 5.84 Å². The molecule has 0 amide bonds. The first-order valence-corrected chi connectivity index (χ1v) is 3.72. The van der Waals surface area contributed by atoms with Crippen molar-refractivity contribution in [2.45, 2.75) is 20.0 Å². The molecule has 0 spiro atoms. The fraction of sp³-hybridized carbons (Fsp3) is 0.375. The molecule has 0 saturated carbocycles. The smallest absolute Gasteiger partial charge is 0.141 e. The molecule has 0 aromatic carbocycles. The van der Waals surface area contributed by atoms with Crippen LogP contribution in [0.15, 0.2) is 29.0 Å². The van der Waals surface area contributed by atoms with Crippen LogP contribution < -0.4 is 5.32 Å². The van der Waals surface area contributed by atoms with E-state index in [-0.39, 0.29) is 6.17 Å². The Balaban J connectivity index is 2.25. The predicted octanol–water partition coefficient (Wildman–Crippen LogP) is 1.02. The zero-order valence-corrected chi connectivity index (χ0v) is 6.70. The van der Waals surface area contributed by atoms with E-state index in [0.29, 0.717) is 0 Å². The molecular weight excluding hydrogens is 138 g/mol. The SMILES string of the molecule is CC1=CC2NC(C)=NN2C=C1. The Morgan fingerprint density at radius 2 is 2.36 bits per heavy atom. The number of hydrogen-bond acceptors (Lipinski definition) is 3. The monoisotopic (exact) mass is 149 g/mol. The largest absolute Gasteiger partial charge is 0.347 e. The van der Waals surface area contributed by atoms with Gasteiger partial charge in [-0.25, -0.2) is 5.01 Å². The summed E-state index contributed by atoms with van der Waals surface area (Å²) in [5, 5.41) is 9.41. The minimum Gasteiger partial charge on any atom is -0.347 e. The molecule has 0 bridgehead atoms. The lowest BCUT2D eigenvalue weighted by molar-refractivity contribution is 0.347. The van der Waals surface area contributed by atoms with E-state index in [1.165, 1.54) is 5.57 Å². The molecular formula is C8H11N3. The van der Waals surface area contributed by atoms with Crippen molar-refractivity contribution < 1.29 is 0 Å². The minimum absolute atomic E-state index is 0.250. The normalized spacial score (nSPS) is 27.5. The third kappa shape index (κ3) is 1.02. The van der Waals surface area contributed by atoms with E-state index in [4.69, 9.17) is 0 Å². The lowest BCUT2D eigenvalue weighted by Gasteiger charge is -2.20. The van der Waals surface area contributed by atoms with E-state index in [1.807, 2.05) is 18.1 Å². The lowest BCUT2D eigenvalue weighted by Crippen LogP contribution is -2.34. The van der Waals surface area contributed by atoms with Crippen LogP contribution in [0.4, 0.5) is 0 Å². The van der Waals surface area contributed by atoms with Gasteiger partial charge in [0.05, 0.1) is 0 Å². The van der Waals surface area contributed by atoms with Gasteiger partial charge in [0, 0.05) is 6.20 Å². The van der Waals surface area contributed by atoms with Crippen molar-refractivity contribution in [1.29, 1.82) is 0 Å². The Labute approximate surface area is 66.1 Å².